The Morgan fingerprint density at radius 1 is 1.05 bits per heavy atom. The standard InChI is InChI=1S/C35H50N2O3S/c1-17-8-9-22(16-37-12-6-7-13-37)15-24(17)23-10-11-26(38)31-30(23)35(41)32-29(34(31)40)20(4)28-19(3)27(21(5)36)18(2)14-25(28)33(32)39/h8,10-11,20,22-26,28-34,38-40H,3,5-7,9,12-16,36H2,1-2,4H3/t20-,22?,23?,24?,25+,26?,28?,29?,30?,31?,32?,33-,34?/m1/s1. The lowest BCUT2D eigenvalue weighted by Crippen LogP contribution is -2.65. The van der Waals surface area contributed by atoms with E-state index >= 15 is 0 Å². The molecule has 1 aliphatic heterocycles. The zero-order valence-electron chi connectivity index (χ0n) is 25.1. The van der Waals surface area contributed by atoms with Gasteiger partial charge >= 0.3 is 0 Å². The van der Waals surface area contributed by atoms with Crippen LogP contribution in [0, 0.1) is 59.2 Å². The Hall–Kier alpha value is -1.57. The number of thiocarbonyl (C=S) groups is 1. The van der Waals surface area contributed by atoms with Crippen molar-refractivity contribution in [2.24, 2.45) is 64.9 Å². The van der Waals surface area contributed by atoms with Gasteiger partial charge in [0.1, 0.15) is 0 Å². The number of rotatable bonds is 4. The normalized spacial score (nSPS) is 46.6. The molecule has 0 aromatic heterocycles. The zero-order valence-corrected chi connectivity index (χ0v) is 25.9. The van der Waals surface area contributed by atoms with Crippen LogP contribution in [0.1, 0.15) is 52.9 Å². The van der Waals surface area contributed by atoms with Crippen LogP contribution in [0.5, 0.6) is 0 Å². The second kappa shape index (κ2) is 11.2. The molecule has 1 saturated heterocycles. The molecule has 41 heavy (non-hydrogen) atoms. The molecule has 10 unspecified atom stereocenters. The molecule has 0 amide bonds. The van der Waals surface area contributed by atoms with Crippen LogP contribution in [0.2, 0.25) is 0 Å². The summed E-state index contributed by atoms with van der Waals surface area (Å²) >= 11 is 6.37. The molecule has 224 valence electrons. The van der Waals surface area contributed by atoms with Gasteiger partial charge in [0.05, 0.1) is 18.3 Å². The van der Waals surface area contributed by atoms with Crippen molar-refractivity contribution in [3.05, 3.63) is 59.4 Å². The van der Waals surface area contributed by atoms with E-state index in [0.717, 1.165) is 47.4 Å². The van der Waals surface area contributed by atoms with Crippen molar-refractivity contribution in [2.75, 3.05) is 19.6 Å². The first-order valence-electron chi connectivity index (χ1n) is 16.0. The van der Waals surface area contributed by atoms with Crippen LogP contribution < -0.4 is 5.73 Å². The van der Waals surface area contributed by atoms with E-state index in [1.807, 2.05) is 6.08 Å². The fraction of sp³-hybridized carbons (Fsp3) is 0.686. The number of nitrogens with two attached hydrogens (primary N) is 1. The van der Waals surface area contributed by atoms with Crippen molar-refractivity contribution in [1.82, 2.24) is 4.90 Å². The fourth-order valence-electron chi connectivity index (χ4n) is 10.4. The maximum absolute atomic E-state index is 12.1. The summed E-state index contributed by atoms with van der Waals surface area (Å²) in [6.45, 7) is 18.5. The molecule has 0 spiro atoms. The summed E-state index contributed by atoms with van der Waals surface area (Å²) in [4.78, 5) is 3.49. The van der Waals surface area contributed by atoms with Gasteiger partial charge < -0.3 is 26.0 Å². The van der Waals surface area contributed by atoms with Crippen LogP contribution >= 0.6 is 12.2 Å². The summed E-state index contributed by atoms with van der Waals surface area (Å²) in [6.07, 6.45) is 9.94. The van der Waals surface area contributed by atoms with Crippen molar-refractivity contribution in [2.45, 2.75) is 71.2 Å². The summed E-state index contributed by atoms with van der Waals surface area (Å²) in [6, 6.07) is 0. The highest BCUT2D eigenvalue weighted by molar-refractivity contribution is 7.80. The van der Waals surface area contributed by atoms with Crippen LogP contribution in [0.15, 0.2) is 59.4 Å². The zero-order chi connectivity index (χ0) is 29.3. The van der Waals surface area contributed by atoms with Gasteiger partial charge in [-0.25, -0.2) is 0 Å². The van der Waals surface area contributed by atoms with Crippen LogP contribution in [0.25, 0.3) is 0 Å². The third kappa shape index (κ3) is 4.77. The fourth-order valence-corrected chi connectivity index (χ4v) is 11.1. The van der Waals surface area contributed by atoms with Gasteiger partial charge in [0.25, 0.3) is 0 Å². The van der Waals surface area contributed by atoms with E-state index < -0.39 is 18.3 Å². The van der Waals surface area contributed by atoms with Gasteiger partial charge in [-0.1, -0.05) is 61.7 Å². The van der Waals surface area contributed by atoms with E-state index in [9.17, 15) is 15.3 Å². The van der Waals surface area contributed by atoms with Gasteiger partial charge in [-0.3, -0.25) is 0 Å². The third-order valence-corrected chi connectivity index (χ3v) is 12.7. The lowest BCUT2D eigenvalue weighted by molar-refractivity contribution is -0.133. The number of aliphatic hydroxyl groups excluding tert-OH is 3. The predicted octanol–water partition coefficient (Wildman–Crippen LogP) is 4.80. The van der Waals surface area contributed by atoms with Crippen molar-refractivity contribution in [3.8, 4) is 0 Å². The molecule has 3 fully saturated rings. The SMILES string of the molecule is C=C(N)C1=C(C)C[C@H]2C(C1=C)[C@@H](C)C1C(O)C3C(O)C=CC(C4CC(CN5CCCC5)CC=C4C)C3C(=S)C1[C@@H]2O. The van der Waals surface area contributed by atoms with E-state index in [1.54, 1.807) is 0 Å². The van der Waals surface area contributed by atoms with Crippen molar-refractivity contribution < 1.29 is 15.3 Å². The minimum Gasteiger partial charge on any atom is -0.399 e. The topological polar surface area (TPSA) is 90.0 Å². The molecular formula is C35H50N2O3S. The quantitative estimate of drug-likeness (QED) is 0.283. The summed E-state index contributed by atoms with van der Waals surface area (Å²) in [5.41, 5.74) is 11.1. The molecule has 6 rings (SSSR count). The highest BCUT2D eigenvalue weighted by atomic mass is 32.1. The Morgan fingerprint density at radius 3 is 2.44 bits per heavy atom. The molecule has 5 nitrogen and oxygen atoms in total. The van der Waals surface area contributed by atoms with Gasteiger partial charge in [0.15, 0.2) is 0 Å². The summed E-state index contributed by atoms with van der Waals surface area (Å²) in [5.74, 6) is 0.0493. The lowest BCUT2D eigenvalue weighted by atomic mass is 9.46. The van der Waals surface area contributed by atoms with Crippen molar-refractivity contribution in [3.63, 3.8) is 0 Å². The minimum atomic E-state index is -0.762. The van der Waals surface area contributed by atoms with Crippen LogP contribution in [-0.2, 0) is 0 Å². The monoisotopic (exact) mass is 578 g/mol. The second-order valence-electron chi connectivity index (χ2n) is 14.4. The van der Waals surface area contributed by atoms with E-state index in [4.69, 9.17) is 18.0 Å². The van der Waals surface area contributed by atoms with Crippen molar-refractivity contribution in [1.29, 1.82) is 0 Å². The number of hydrogen-bond acceptors (Lipinski definition) is 6. The molecule has 6 aliphatic rings. The molecule has 5 N–H and O–H groups in total. The highest BCUT2D eigenvalue weighted by Gasteiger charge is 2.62. The molecule has 2 saturated carbocycles. The van der Waals surface area contributed by atoms with Gasteiger partial charge in [-0.15, -0.1) is 0 Å². The van der Waals surface area contributed by atoms with Gasteiger partial charge in [-0.2, -0.15) is 0 Å². The second-order valence-corrected chi connectivity index (χ2v) is 14.9. The Balaban J connectivity index is 1.32. The Bertz CT molecular complexity index is 1200. The first-order chi connectivity index (χ1) is 19.5. The number of fused-ring (bicyclic) bond motifs is 3. The molecule has 0 radical (unpaired) electrons. The number of likely N-dealkylation sites (tertiary alicyclic amines) is 1. The minimum absolute atomic E-state index is 0.0128. The van der Waals surface area contributed by atoms with Gasteiger partial charge in [0, 0.05) is 34.9 Å². The van der Waals surface area contributed by atoms with Gasteiger partial charge in [0.2, 0.25) is 0 Å². The van der Waals surface area contributed by atoms with Crippen molar-refractivity contribution >= 4 is 17.1 Å². The summed E-state index contributed by atoms with van der Waals surface area (Å²) < 4.78 is 0. The highest BCUT2D eigenvalue weighted by Crippen LogP contribution is 2.59. The Kier molecular flexibility index (Phi) is 8.04. The maximum atomic E-state index is 12.1. The largest absolute Gasteiger partial charge is 0.399 e. The molecule has 0 aromatic rings. The van der Waals surface area contributed by atoms with Crippen LogP contribution in [0.4, 0.5) is 0 Å². The van der Waals surface area contributed by atoms with E-state index in [2.05, 4.69) is 51.0 Å². The number of hydrogen-bond donors (Lipinski definition) is 4. The third-order valence-electron chi connectivity index (χ3n) is 12.2. The Morgan fingerprint density at radius 2 is 1.76 bits per heavy atom. The molecule has 5 aliphatic carbocycles. The first kappa shape index (κ1) is 29.5. The predicted molar refractivity (Wildman–Crippen MR) is 169 cm³/mol. The van der Waals surface area contributed by atoms with Crippen LogP contribution in [-0.4, -0.2) is 63.0 Å². The Labute approximate surface area is 252 Å². The summed E-state index contributed by atoms with van der Waals surface area (Å²) in [5, 5.41) is 35.5. The molecular weight excluding hydrogens is 528 g/mol. The average Bonchev–Trinajstić information content (AvgIpc) is 3.43. The van der Waals surface area contributed by atoms with Crippen LogP contribution in [0.3, 0.4) is 0 Å². The number of nitrogens with zero attached hydrogens (tertiary/aromatic N) is 1. The molecule has 6 heteroatoms. The molecule has 0 bridgehead atoms. The van der Waals surface area contributed by atoms with E-state index in [-0.39, 0.29) is 47.3 Å². The van der Waals surface area contributed by atoms with Gasteiger partial charge in [-0.05, 0) is 112 Å². The van der Waals surface area contributed by atoms with E-state index in [1.165, 1.54) is 31.5 Å². The molecule has 13 atom stereocenters. The number of allylic oxidation sites excluding steroid dienone is 5. The lowest BCUT2D eigenvalue weighted by Gasteiger charge is -2.60. The summed E-state index contributed by atoms with van der Waals surface area (Å²) in [7, 11) is 0. The molecule has 0 aromatic carbocycles. The smallest absolute Gasteiger partial charge is 0.0780 e. The molecule has 1 heterocycles. The van der Waals surface area contributed by atoms with E-state index in [0.29, 0.717) is 17.5 Å². The average molecular weight is 579 g/mol. The maximum Gasteiger partial charge on any atom is 0.0780 e. The first-order valence-corrected chi connectivity index (χ1v) is 16.4. The number of aliphatic hydroxyl groups is 3.